The van der Waals surface area contributed by atoms with Gasteiger partial charge in [-0.05, 0) is 25.0 Å². The topological polar surface area (TPSA) is 69.7 Å². The smallest absolute Gasteiger partial charge is 0.247 e. The maximum Gasteiger partial charge on any atom is 0.247 e. The first-order valence-electron chi connectivity index (χ1n) is 7.52. The van der Waals surface area contributed by atoms with Crippen molar-refractivity contribution in [1.29, 1.82) is 0 Å². The molecule has 3 amide bonds. The summed E-state index contributed by atoms with van der Waals surface area (Å²) < 4.78 is 0. The Labute approximate surface area is 128 Å². The van der Waals surface area contributed by atoms with E-state index in [2.05, 4.69) is 5.32 Å². The van der Waals surface area contributed by atoms with E-state index in [0.717, 1.165) is 11.3 Å². The van der Waals surface area contributed by atoms with Gasteiger partial charge in [0.05, 0.1) is 0 Å². The van der Waals surface area contributed by atoms with E-state index in [1.54, 1.807) is 16.7 Å². The molecule has 2 saturated heterocycles. The van der Waals surface area contributed by atoms with E-state index < -0.39 is 12.1 Å². The molecular weight excluding hydrogens is 282 g/mol. The molecule has 1 N–H and O–H groups in total. The first-order chi connectivity index (χ1) is 10.5. The standard InChI is InChI=1S/C16H17N3O3/c1-8-16(22)19-13(14(21)17-8)7-11-10-5-3-4-6-12(10)18(9(2)20)15(11)19/h3-6,8,11,13,15H,7H2,1-2H3,(H,17,21)/t8-,11+,13+,15+/m1/s1. The molecule has 6 nitrogen and oxygen atoms in total. The van der Waals surface area contributed by atoms with Crippen molar-refractivity contribution >= 4 is 23.4 Å². The number of anilines is 1. The zero-order chi connectivity index (χ0) is 15.6. The summed E-state index contributed by atoms with van der Waals surface area (Å²) in [7, 11) is 0. The summed E-state index contributed by atoms with van der Waals surface area (Å²) in [4.78, 5) is 40.3. The second kappa shape index (κ2) is 4.32. The number of rotatable bonds is 0. The summed E-state index contributed by atoms with van der Waals surface area (Å²) >= 11 is 0. The number of nitrogens with zero attached hydrogens (tertiary/aromatic N) is 2. The van der Waals surface area contributed by atoms with Crippen molar-refractivity contribution in [2.24, 2.45) is 0 Å². The largest absolute Gasteiger partial charge is 0.343 e. The van der Waals surface area contributed by atoms with Gasteiger partial charge in [0.2, 0.25) is 17.7 Å². The van der Waals surface area contributed by atoms with Gasteiger partial charge in [-0.2, -0.15) is 0 Å². The van der Waals surface area contributed by atoms with E-state index in [-0.39, 0.29) is 29.8 Å². The van der Waals surface area contributed by atoms with E-state index in [0.29, 0.717) is 6.42 Å². The van der Waals surface area contributed by atoms with Gasteiger partial charge in [-0.25, -0.2) is 0 Å². The van der Waals surface area contributed by atoms with Crippen LogP contribution in [-0.4, -0.2) is 40.9 Å². The molecule has 3 heterocycles. The summed E-state index contributed by atoms with van der Waals surface area (Å²) in [6.45, 7) is 3.19. The number of carbonyl (C=O) groups is 3. The van der Waals surface area contributed by atoms with Crippen LogP contribution in [0.1, 0.15) is 31.7 Å². The van der Waals surface area contributed by atoms with Crippen LogP contribution in [0.15, 0.2) is 24.3 Å². The van der Waals surface area contributed by atoms with Gasteiger partial charge in [-0.3, -0.25) is 19.3 Å². The molecule has 3 aliphatic heterocycles. The minimum absolute atomic E-state index is 0.00472. The van der Waals surface area contributed by atoms with Gasteiger partial charge in [-0.15, -0.1) is 0 Å². The Morgan fingerprint density at radius 3 is 2.73 bits per heavy atom. The van der Waals surface area contributed by atoms with Gasteiger partial charge < -0.3 is 10.2 Å². The fourth-order valence-corrected chi connectivity index (χ4v) is 4.08. The molecule has 0 radical (unpaired) electrons. The first-order valence-corrected chi connectivity index (χ1v) is 7.52. The molecule has 114 valence electrons. The third-order valence-corrected chi connectivity index (χ3v) is 4.94. The minimum atomic E-state index is -0.542. The molecule has 0 saturated carbocycles. The molecule has 0 bridgehead atoms. The number of piperazine rings is 1. The Balaban J connectivity index is 1.85. The number of hydrogen-bond acceptors (Lipinski definition) is 3. The molecule has 6 heteroatoms. The minimum Gasteiger partial charge on any atom is -0.343 e. The van der Waals surface area contributed by atoms with Crippen LogP contribution in [0.4, 0.5) is 5.69 Å². The van der Waals surface area contributed by atoms with E-state index in [9.17, 15) is 14.4 Å². The summed E-state index contributed by atoms with van der Waals surface area (Å²) in [6, 6.07) is 6.69. The second-order valence-corrected chi connectivity index (χ2v) is 6.20. The van der Waals surface area contributed by atoms with E-state index in [4.69, 9.17) is 0 Å². The molecule has 0 unspecified atom stereocenters. The molecule has 22 heavy (non-hydrogen) atoms. The average Bonchev–Trinajstić information content (AvgIpc) is 2.99. The molecule has 2 fully saturated rings. The number of nitrogens with one attached hydrogen (secondary N) is 1. The quantitative estimate of drug-likeness (QED) is 0.762. The number of benzene rings is 1. The van der Waals surface area contributed by atoms with Crippen LogP contribution < -0.4 is 10.2 Å². The van der Waals surface area contributed by atoms with E-state index in [1.807, 2.05) is 24.3 Å². The predicted molar refractivity (Wildman–Crippen MR) is 79.0 cm³/mol. The Kier molecular flexibility index (Phi) is 2.61. The van der Waals surface area contributed by atoms with E-state index >= 15 is 0 Å². The van der Waals surface area contributed by atoms with Gasteiger partial charge in [0.15, 0.2) is 0 Å². The number of fused-ring (bicyclic) bond motifs is 5. The summed E-state index contributed by atoms with van der Waals surface area (Å²) in [6.07, 6.45) is 0.191. The van der Waals surface area contributed by atoms with Gasteiger partial charge in [0.25, 0.3) is 0 Å². The number of para-hydroxylation sites is 1. The molecule has 0 spiro atoms. The van der Waals surface area contributed by atoms with Gasteiger partial charge >= 0.3 is 0 Å². The number of hydrogen-bond donors (Lipinski definition) is 1. The van der Waals surface area contributed by atoms with Crippen LogP contribution in [0.25, 0.3) is 0 Å². The van der Waals surface area contributed by atoms with Crippen molar-refractivity contribution in [2.45, 2.75) is 44.4 Å². The van der Waals surface area contributed by atoms with Gasteiger partial charge in [-0.1, -0.05) is 18.2 Å². The highest BCUT2D eigenvalue weighted by atomic mass is 16.2. The van der Waals surface area contributed by atoms with Crippen LogP contribution in [-0.2, 0) is 14.4 Å². The molecule has 4 rings (SSSR count). The number of carbonyl (C=O) groups excluding carboxylic acids is 3. The van der Waals surface area contributed by atoms with Crippen LogP contribution in [0.2, 0.25) is 0 Å². The zero-order valence-electron chi connectivity index (χ0n) is 12.4. The van der Waals surface area contributed by atoms with Crippen molar-refractivity contribution in [3.63, 3.8) is 0 Å². The summed E-state index contributed by atoms with van der Waals surface area (Å²) in [5, 5.41) is 2.72. The first kappa shape index (κ1) is 13.3. The van der Waals surface area contributed by atoms with Crippen LogP contribution in [0.5, 0.6) is 0 Å². The lowest BCUT2D eigenvalue weighted by Crippen LogP contribution is -2.64. The Bertz CT molecular complexity index is 702. The highest BCUT2D eigenvalue weighted by Gasteiger charge is 2.57. The average molecular weight is 299 g/mol. The molecular formula is C16H17N3O3. The van der Waals surface area contributed by atoms with Crippen molar-refractivity contribution < 1.29 is 14.4 Å². The Morgan fingerprint density at radius 2 is 2.00 bits per heavy atom. The summed E-state index contributed by atoms with van der Waals surface area (Å²) in [5.41, 5.74) is 1.90. The highest BCUT2D eigenvalue weighted by Crippen LogP contribution is 2.50. The van der Waals surface area contributed by atoms with Gasteiger partial charge in [0, 0.05) is 18.5 Å². The zero-order valence-corrected chi connectivity index (χ0v) is 12.4. The normalized spacial score (nSPS) is 32.5. The molecule has 1 aromatic carbocycles. The maximum atomic E-state index is 12.6. The Hall–Kier alpha value is -2.37. The fourth-order valence-electron chi connectivity index (χ4n) is 4.08. The lowest BCUT2D eigenvalue weighted by Gasteiger charge is -2.39. The van der Waals surface area contributed by atoms with Crippen molar-refractivity contribution in [1.82, 2.24) is 10.2 Å². The highest BCUT2D eigenvalue weighted by molar-refractivity contribution is 6.01. The van der Waals surface area contributed by atoms with Crippen molar-refractivity contribution in [3.8, 4) is 0 Å². The second-order valence-electron chi connectivity index (χ2n) is 6.20. The molecule has 0 aliphatic carbocycles. The predicted octanol–water partition coefficient (Wildman–Crippen LogP) is 0.582. The van der Waals surface area contributed by atoms with Crippen LogP contribution >= 0.6 is 0 Å². The lowest BCUT2D eigenvalue weighted by atomic mass is 9.96. The SMILES string of the molecule is CC(=O)N1c2ccccc2[C@@H]2C[C@H]3C(=O)N[C@H](C)C(=O)N3[C@@H]21. The van der Waals surface area contributed by atoms with Gasteiger partial charge in [0.1, 0.15) is 18.2 Å². The van der Waals surface area contributed by atoms with Crippen molar-refractivity contribution in [3.05, 3.63) is 29.8 Å². The monoisotopic (exact) mass is 299 g/mol. The fraction of sp³-hybridized carbons (Fsp3) is 0.438. The molecule has 0 aromatic heterocycles. The van der Waals surface area contributed by atoms with E-state index in [1.165, 1.54) is 6.92 Å². The lowest BCUT2D eigenvalue weighted by molar-refractivity contribution is -0.148. The maximum absolute atomic E-state index is 12.6. The molecule has 1 aromatic rings. The third-order valence-electron chi connectivity index (χ3n) is 4.94. The van der Waals surface area contributed by atoms with Crippen LogP contribution in [0, 0.1) is 0 Å². The third kappa shape index (κ3) is 1.52. The number of amides is 3. The Morgan fingerprint density at radius 1 is 1.27 bits per heavy atom. The molecule has 4 atom stereocenters. The summed E-state index contributed by atoms with van der Waals surface area (Å²) in [5.74, 6) is -0.337. The van der Waals surface area contributed by atoms with Crippen molar-refractivity contribution in [2.75, 3.05) is 4.90 Å². The van der Waals surface area contributed by atoms with Crippen LogP contribution in [0.3, 0.4) is 0 Å². The molecule has 3 aliphatic rings.